The smallest absolute Gasteiger partial charge is 0.339 e. The van der Waals surface area contributed by atoms with Gasteiger partial charge in [-0.2, -0.15) is 0 Å². The third-order valence-electron chi connectivity index (χ3n) is 4.31. The average Bonchev–Trinajstić information content (AvgIpc) is 2.37. The highest BCUT2D eigenvalue weighted by molar-refractivity contribution is 7.55. The van der Waals surface area contributed by atoms with Crippen LogP contribution in [-0.2, 0) is 13.6 Å². The molecule has 0 aromatic rings. The topological polar surface area (TPSA) is 55.8 Å². The van der Waals surface area contributed by atoms with Crippen LogP contribution in [0.1, 0.15) is 59.3 Å². The van der Waals surface area contributed by atoms with Gasteiger partial charge in [-0.1, -0.05) is 12.8 Å². The van der Waals surface area contributed by atoms with Gasteiger partial charge in [0.05, 0.1) is 18.8 Å². The van der Waals surface area contributed by atoms with Gasteiger partial charge in [-0.25, -0.2) is 0 Å². The highest BCUT2D eigenvalue weighted by atomic mass is 31.2. The molecule has 0 unspecified atom stereocenters. The van der Waals surface area contributed by atoms with Crippen LogP contribution in [0.25, 0.3) is 0 Å². The lowest BCUT2D eigenvalue weighted by Crippen LogP contribution is -2.54. The highest BCUT2D eigenvalue weighted by Crippen LogP contribution is 2.69. The molecule has 0 amide bonds. The van der Waals surface area contributed by atoms with Crippen LogP contribution in [0.15, 0.2) is 0 Å². The molecule has 5 heteroatoms. The normalized spacial score (nSPS) is 30.9. The van der Waals surface area contributed by atoms with Crippen molar-refractivity contribution in [1.82, 2.24) is 0 Å². The van der Waals surface area contributed by atoms with Crippen LogP contribution in [0.4, 0.5) is 0 Å². The summed E-state index contributed by atoms with van der Waals surface area (Å²) in [6.45, 7) is 5.92. The predicted molar refractivity (Wildman–Crippen MR) is 80.7 cm³/mol. The third kappa shape index (κ3) is 3.12. The lowest BCUT2D eigenvalue weighted by molar-refractivity contribution is -0.0333. The Kier molecular flexibility index (Phi) is 6.28. The molecule has 20 heavy (non-hydrogen) atoms. The molecule has 0 aliphatic heterocycles. The van der Waals surface area contributed by atoms with E-state index in [1.165, 1.54) is 0 Å². The number of hydrogen-bond acceptors (Lipinski definition) is 4. The second kappa shape index (κ2) is 7.09. The summed E-state index contributed by atoms with van der Waals surface area (Å²) in [4.78, 5) is 0. The average molecular weight is 302 g/mol. The number of aliphatic hydroxyl groups is 1. The first-order chi connectivity index (χ1) is 9.39. The third-order valence-corrected chi connectivity index (χ3v) is 7.49. The van der Waals surface area contributed by atoms with Gasteiger partial charge >= 0.3 is 7.60 Å². The molecule has 0 saturated heterocycles. The van der Waals surface area contributed by atoms with Crippen LogP contribution in [0.5, 0.6) is 0 Å². The molecule has 0 spiro atoms. The van der Waals surface area contributed by atoms with Crippen LogP contribution >= 0.6 is 7.60 Å². The van der Waals surface area contributed by atoms with E-state index in [1.807, 2.05) is 0 Å². The van der Waals surface area contributed by atoms with E-state index >= 15 is 0 Å². The first-order valence-corrected chi connectivity index (χ1v) is 8.98. The van der Waals surface area contributed by atoms with Crippen LogP contribution in [-0.4, -0.2) is 29.1 Å². The summed E-state index contributed by atoms with van der Waals surface area (Å²) in [5, 5.41) is 10.0. The second-order valence-electron chi connectivity index (χ2n) is 5.55. The van der Waals surface area contributed by atoms with Gasteiger partial charge in [0.2, 0.25) is 0 Å². The summed E-state index contributed by atoms with van der Waals surface area (Å²) in [6.07, 6.45) is 9.36. The van der Waals surface area contributed by atoms with E-state index in [4.69, 9.17) is 15.5 Å². The Labute approximate surface area is 122 Å². The van der Waals surface area contributed by atoms with E-state index in [2.05, 4.69) is 5.92 Å². The Hall–Kier alpha value is -0.330. The van der Waals surface area contributed by atoms with Gasteiger partial charge < -0.3 is 14.2 Å². The Morgan fingerprint density at radius 2 is 1.80 bits per heavy atom. The van der Waals surface area contributed by atoms with Gasteiger partial charge in [-0.3, -0.25) is 4.57 Å². The molecule has 0 aromatic carbocycles. The van der Waals surface area contributed by atoms with Crippen molar-refractivity contribution in [2.75, 3.05) is 13.2 Å². The molecule has 0 radical (unpaired) electrons. The van der Waals surface area contributed by atoms with Gasteiger partial charge in [-0.05, 0) is 40.0 Å². The minimum absolute atomic E-state index is 0.297. The largest absolute Gasteiger partial charge is 0.389 e. The van der Waals surface area contributed by atoms with Gasteiger partial charge in [0.1, 0.15) is 5.16 Å². The molecule has 2 atom stereocenters. The Balaban J connectivity index is 3.27. The summed E-state index contributed by atoms with van der Waals surface area (Å²) in [6, 6.07) is 0. The lowest BCUT2D eigenvalue weighted by Gasteiger charge is -2.50. The zero-order valence-electron chi connectivity index (χ0n) is 12.9. The van der Waals surface area contributed by atoms with Gasteiger partial charge in [-0.15, -0.1) is 12.3 Å². The molecule has 1 fully saturated rings. The summed E-state index contributed by atoms with van der Waals surface area (Å²) in [7, 11) is -3.42. The fourth-order valence-corrected chi connectivity index (χ4v) is 6.02. The first-order valence-electron chi connectivity index (χ1n) is 7.44. The highest BCUT2D eigenvalue weighted by Gasteiger charge is 2.61. The molecule has 1 rings (SSSR count). The van der Waals surface area contributed by atoms with E-state index in [1.54, 1.807) is 20.8 Å². The summed E-state index contributed by atoms with van der Waals surface area (Å²) < 4.78 is 24.4. The quantitative estimate of drug-likeness (QED) is 0.575. The minimum atomic E-state index is -3.42. The lowest BCUT2D eigenvalue weighted by atomic mass is 9.73. The molecular formula is C15H27O4P. The van der Waals surface area contributed by atoms with Crippen molar-refractivity contribution in [2.24, 2.45) is 0 Å². The molecule has 1 aliphatic carbocycles. The Bertz CT molecular complexity index is 389. The zero-order chi connectivity index (χ0) is 15.3. The van der Waals surface area contributed by atoms with Crippen LogP contribution < -0.4 is 0 Å². The maximum absolute atomic E-state index is 13.3. The monoisotopic (exact) mass is 302 g/mol. The SMILES string of the molecule is C#CCC[C@@]1(P(=O)(OCC)OCC)CCCC[C@@]1(C)O. The molecular weight excluding hydrogens is 275 g/mol. The van der Waals surface area contributed by atoms with E-state index in [-0.39, 0.29) is 0 Å². The van der Waals surface area contributed by atoms with Crippen molar-refractivity contribution in [3.63, 3.8) is 0 Å². The molecule has 0 bridgehead atoms. The van der Waals surface area contributed by atoms with E-state index in [9.17, 15) is 9.67 Å². The van der Waals surface area contributed by atoms with Gasteiger partial charge in [0.25, 0.3) is 0 Å². The standard InChI is InChI=1S/C15H27O4P/c1-5-8-12-15(13-10-9-11-14(15,4)16)20(17,18-6-2)19-7-3/h1,16H,6-13H2,2-4H3/t14-,15-/m1/s1. The first kappa shape index (κ1) is 17.7. The minimum Gasteiger partial charge on any atom is -0.389 e. The summed E-state index contributed by atoms with van der Waals surface area (Å²) >= 11 is 0. The molecule has 0 heterocycles. The molecule has 116 valence electrons. The van der Waals surface area contributed by atoms with Crippen molar-refractivity contribution in [3.8, 4) is 12.3 Å². The van der Waals surface area contributed by atoms with E-state index in [0.717, 1.165) is 12.8 Å². The maximum atomic E-state index is 13.3. The van der Waals surface area contributed by atoms with Crippen LogP contribution in [0.3, 0.4) is 0 Å². The fourth-order valence-electron chi connectivity index (χ4n) is 3.26. The van der Waals surface area contributed by atoms with Crippen molar-refractivity contribution in [1.29, 1.82) is 0 Å². The van der Waals surface area contributed by atoms with Crippen LogP contribution in [0.2, 0.25) is 0 Å². The molecule has 0 aromatic heterocycles. The van der Waals surface area contributed by atoms with Crippen LogP contribution in [0, 0.1) is 12.3 Å². The Morgan fingerprint density at radius 1 is 1.25 bits per heavy atom. The molecule has 1 aliphatic rings. The van der Waals surface area contributed by atoms with Crippen molar-refractivity contribution in [2.45, 2.75) is 70.1 Å². The van der Waals surface area contributed by atoms with Crippen molar-refractivity contribution < 1.29 is 18.7 Å². The van der Waals surface area contributed by atoms with Crippen molar-refractivity contribution >= 4 is 7.60 Å². The predicted octanol–water partition coefficient (Wildman–Crippen LogP) is 3.73. The molecule has 1 saturated carbocycles. The zero-order valence-corrected chi connectivity index (χ0v) is 13.7. The summed E-state index contributed by atoms with van der Waals surface area (Å²) in [5.41, 5.74) is -1.08. The summed E-state index contributed by atoms with van der Waals surface area (Å²) in [5.74, 6) is 2.59. The molecule has 4 nitrogen and oxygen atoms in total. The van der Waals surface area contributed by atoms with E-state index in [0.29, 0.717) is 38.9 Å². The maximum Gasteiger partial charge on any atom is 0.339 e. The number of hydrogen-bond donors (Lipinski definition) is 1. The second-order valence-corrected chi connectivity index (χ2v) is 7.92. The fraction of sp³-hybridized carbons (Fsp3) is 0.867. The Morgan fingerprint density at radius 3 is 2.25 bits per heavy atom. The molecule has 1 N–H and O–H groups in total. The number of rotatable bonds is 7. The number of terminal acetylenes is 1. The van der Waals surface area contributed by atoms with E-state index < -0.39 is 18.4 Å². The van der Waals surface area contributed by atoms with Crippen molar-refractivity contribution in [3.05, 3.63) is 0 Å². The van der Waals surface area contributed by atoms with Gasteiger partial charge in [0.15, 0.2) is 0 Å². The van der Waals surface area contributed by atoms with Gasteiger partial charge in [0, 0.05) is 6.42 Å².